The number of rotatable bonds is 9. The highest BCUT2D eigenvalue weighted by atomic mass is 16.2. The fourth-order valence-corrected chi connectivity index (χ4v) is 2.58. The summed E-state index contributed by atoms with van der Waals surface area (Å²) in [5.74, 6) is -1.31. The van der Waals surface area contributed by atoms with Crippen molar-refractivity contribution in [2.45, 2.75) is 0 Å². The summed E-state index contributed by atoms with van der Waals surface area (Å²) in [6.07, 6.45) is 0. The van der Waals surface area contributed by atoms with E-state index >= 15 is 0 Å². The fraction of sp³-hybridized carbons (Fsp3) is 0. The van der Waals surface area contributed by atoms with Crippen LogP contribution >= 0.6 is 0 Å². The van der Waals surface area contributed by atoms with Gasteiger partial charge in [-0.3, -0.25) is 14.9 Å². The van der Waals surface area contributed by atoms with E-state index in [4.69, 9.17) is 11.1 Å². The van der Waals surface area contributed by atoms with Gasteiger partial charge in [0.05, 0.1) is 21.6 Å². The Morgan fingerprint density at radius 3 is 1.97 bits per heavy atom. The molecule has 1 heterocycles. The first-order chi connectivity index (χ1) is 16.2. The van der Waals surface area contributed by atoms with Gasteiger partial charge in [0.1, 0.15) is 10.4 Å². The molecule has 0 spiro atoms. The number of hydrogen-bond donors (Lipinski definition) is 3. The van der Waals surface area contributed by atoms with E-state index in [0.29, 0.717) is 15.6 Å². The summed E-state index contributed by atoms with van der Waals surface area (Å²) in [5.41, 5.74) is 12.9. The summed E-state index contributed by atoms with van der Waals surface area (Å²) in [5, 5.41) is 49.7. The molecule has 1 aliphatic heterocycles. The molecule has 0 aromatic heterocycles. The molecule has 1 aliphatic rings. The number of hydrogen-bond acceptors (Lipinski definition) is 4. The molecule has 2 aromatic rings. The summed E-state index contributed by atoms with van der Waals surface area (Å²) in [4.78, 5) is 25.6. The summed E-state index contributed by atoms with van der Waals surface area (Å²) in [6, 6.07) is 8.32. The zero-order chi connectivity index (χ0) is 23.5. The normalized spacial score (nSPS) is 14.7. The van der Waals surface area contributed by atoms with Crippen molar-refractivity contribution in [2.75, 3.05) is 0 Å². The van der Waals surface area contributed by atoms with Crippen LogP contribution in [0, 0.1) is 11.1 Å². The van der Waals surface area contributed by atoms with E-state index in [1.54, 1.807) is 24.3 Å². The molecule has 33 heavy (non-hydrogen) atoms. The Labute approximate surface area is 179 Å². The van der Waals surface area contributed by atoms with Gasteiger partial charge in [0.15, 0.2) is 16.1 Å². The first-order valence-corrected chi connectivity index (χ1v) is 8.23. The molecule has 0 saturated heterocycles. The molecule has 2 amide bonds. The van der Waals surface area contributed by atoms with Gasteiger partial charge in [-0.1, -0.05) is 24.3 Å². The molecular formula is C12H8N19O2+. The average molecular weight is 450 g/mol. The van der Waals surface area contributed by atoms with Crippen LogP contribution in [0.25, 0.3) is 10.8 Å². The first-order valence-electron chi connectivity index (χ1n) is 8.23. The molecule has 0 radical (unpaired) electrons. The number of carbonyl (C=O) groups is 2. The minimum atomic E-state index is -0.699. The molecular weight excluding hydrogens is 442 g/mol. The van der Waals surface area contributed by atoms with E-state index in [-0.39, 0.29) is 16.8 Å². The molecule has 0 atom stereocenters. The highest BCUT2D eigenvalue weighted by Gasteiger charge is 2.35. The number of nitrogens with zero attached hydrogens (tertiary/aromatic N) is 16. The number of fused-ring (bicyclic) bond motifs is 3. The maximum atomic E-state index is 12.5. The predicted molar refractivity (Wildman–Crippen MR) is 97.5 cm³/mol. The van der Waals surface area contributed by atoms with Crippen molar-refractivity contribution in [3.8, 4) is 0 Å². The number of imide groups is 1. The lowest BCUT2D eigenvalue weighted by Crippen LogP contribution is -2.20. The Morgan fingerprint density at radius 1 is 0.697 bits per heavy atom. The van der Waals surface area contributed by atoms with E-state index in [2.05, 4.69) is 83.7 Å². The van der Waals surface area contributed by atoms with E-state index in [9.17, 15) is 9.59 Å². The summed E-state index contributed by atoms with van der Waals surface area (Å²) < 4.78 is 0. The van der Waals surface area contributed by atoms with Crippen molar-refractivity contribution in [2.24, 2.45) is 78.3 Å². The minimum absolute atomic E-state index is 0.00244. The standard InChI is InChI=1S/C12H7N19O2/c13-16-18-20-22-24-26-28-30-31(29-27-25-23-21-19-17-14)8-5-6-3-1-2-4-7(6)9-10(8)12(33)15-11(9)32/h1-5,13-14H/p+1. The zero-order valence-electron chi connectivity index (χ0n) is 15.9. The van der Waals surface area contributed by atoms with Crippen molar-refractivity contribution in [1.29, 1.82) is 11.1 Å². The minimum Gasteiger partial charge on any atom is -0.288 e. The number of amides is 2. The van der Waals surface area contributed by atoms with Crippen LogP contribution in [0.5, 0.6) is 0 Å². The van der Waals surface area contributed by atoms with E-state index in [1.165, 1.54) is 6.07 Å². The number of carbonyl (C=O) groups excluding carboxylic acids is 2. The summed E-state index contributed by atoms with van der Waals surface area (Å²) >= 11 is 0. The monoisotopic (exact) mass is 450 g/mol. The van der Waals surface area contributed by atoms with Crippen LogP contribution in [0.2, 0.25) is 0 Å². The van der Waals surface area contributed by atoms with Gasteiger partial charge in [0.2, 0.25) is 0 Å². The molecule has 3 N–H and O–H groups in total. The van der Waals surface area contributed by atoms with Crippen molar-refractivity contribution in [3.05, 3.63) is 41.5 Å². The van der Waals surface area contributed by atoms with Gasteiger partial charge < -0.3 is 0 Å². The van der Waals surface area contributed by atoms with Gasteiger partial charge in [0, 0.05) is 20.9 Å². The van der Waals surface area contributed by atoms with Crippen molar-refractivity contribution in [3.63, 3.8) is 0 Å². The topological polar surface area (TPSA) is 282 Å². The quantitative estimate of drug-likeness (QED) is 0.207. The second-order valence-corrected chi connectivity index (χ2v) is 5.30. The van der Waals surface area contributed by atoms with Crippen LogP contribution in [-0.2, 0) is 0 Å². The van der Waals surface area contributed by atoms with Gasteiger partial charge in [-0.25, -0.2) is 0 Å². The van der Waals surface area contributed by atoms with Crippen molar-refractivity contribution in [1.82, 2.24) is 5.32 Å². The molecule has 2 aromatic carbocycles. The first kappa shape index (κ1) is 21.9. The maximum Gasteiger partial charge on any atom is 0.262 e. The molecule has 0 aliphatic carbocycles. The van der Waals surface area contributed by atoms with Crippen LogP contribution in [0.1, 0.15) is 20.7 Å². The second kappa shape index (κ2) is 10.9. The highest BCUT2D eigenvalue weighted by Crippen LogP contribution is 2.34. The summed E-state index contributed by atoms with van der Waals surface area (Å²) in [6.45, 7) is 0. The lowest BCUT2D eigenvalue weighted by atomic mass is 9.98. The van der Waals surface area contributed by atoms with Crippen LogP contribution in [0.4, 0.5) is 5.69 Å². The third-order valence-electron chi connectivity index (χ3n) is 3.62. The van der Waals surface area contributed by atoms with Crippen LogP contribution < -0.4 is 5.32 Å². The van der Waals surface area contributed by atoms with Crippen molar-refractivity contribution < 1.29 is 14.4 Å². The Morgan fingerprint density at radius 2 is 1.27 bits per heavy atom. The Hall–Kier alpha value is -5.76. The van der Waals surface area contributed by atoms with Gasteiger partial charge in [-0.05, 0) is 47.8 Å². The predicted octanol–water partition coefficient (Wildman–Crippen LogP) is 4.91. The molecule has 21 heteroatoms. The molecule has 0 unspecified atom stereocenters. The number of nitrogens with one attached hydrogen (secondary N) is 3. The molecule has 0 saturated carbocycles. The third-order valence-corrected chi connectivity index (χ3v) is 3.62. The van der Waals surface area contributed by atoms with Crippen molar-refractivity contribution >= 4 is 28.3 Å². The van der Waals surface area contributed by atoms with E-state index < -0.39 is 11.8 Å². The van der Waals surface area contributed by atoms with Crippen LogP contribution in [0.3, 0.4) is 0 Å². The van der Waals surface area contributed by atoms with Crippen LogP contribution in [-0.4, -0.2) is 16.6 Å². The van der Waals surface area contributed by atoms with Gasteiger partial charge in [-0.2, -0.15) is 11.1 Å². The molecule has 21 nitrogen and oxygen atoms in total. The molecule has 0 bridgehead atoms. The fourth-order valence-electron chi connectivity index (χ4n) is 2.58. The molecule has 162 valence electrons. The molecule has 0 fully saturated rings. The zero-order valence-corrected chi connectivity index (χ0v) is 15.9. The van der Waals surface area contributed by atoms with Gasteiger partial charge >= 0.3 is 0 Å². The maximum absolute atomic E-state index is 12.5. The van der Waals surface area contributed by atoms with Gasteiger partial charge in [0.25, 0.3) is 11.8 Å². The Bertz CT molecular complexity index is 1320. The van der Waals surface area contributed by atoms with Gasteiger partial charge in [-0.15, -0.1) is 0 Å². The highest BCUT2D eigenvalue weighted by molar-refractivity contribution is 6.28. The SMILES string of the molecule is N=NN=NN=NN=NN=[N+](N=NN=NN=NN=N)c1cc2ccccc2c2c1C(=O)NC2=O. The average Bonchev–Trinajstić information content (AvgIpc) is 3.13. The van der Waals surface area contributed by atoms with E-state index in [0.717, 1.165) is 0 Å². The smallest absolute Gasteiger partial charge is 0.262 e. The lowest BCUT2D eigenvalue weighted by molar-refractivity contribution is -0.529. The third kappa shape index (κ3) is 5.24. The van der Waals surface area contributed by atoms with E-state index in [1.807, 2.05) is 0 Å². The Balaban J connectivity index is 2.10. The molecule has 3 rings (SSSR count). The number of benzene rings is 2. The summed E-state index contributed by atoms with van der Waals surface area (Å²) in [7, 11) is 0. The second-order valence-electron chi connectivity index (χ2n) is 5.30. The lowest BCUT2D eigenvalue weighted by Gasteiger charge is -2.05. The Kier molecular flexibility index (Phi) is 7.22. The largest absolute Gasteiger partial charge is 0.288 e. The van der Waals surface area contributed by atoms with Crippen LogP contribution in [0.15, 0.2) is 109 Å².